The molecule has 1 aliphatic heterocycles. The number of carbonyl (C=O) groups excluding carboxylic acids is 2. The molecular formula is C25H32ClN3O4. The summed E-state index contributed by atoms with van der Waals surface area (Å²) in [4.78, 5) is 29.6. The lowest BCUT2D eigenvalue weighted by atomic mass is 10.1. The molecule has 0 aromatic heterocycles. The van der Waals surface area contributed by atoms with E-state index in [1.807, 2.05) is 42.2 Å². The van der Waals surface area contributed by atoms with Crippen molar-refractivity contribution in [3.63, 3.8) is 0 Å². The maximum absolute atomic E-state index is 12.9. The van der Waals surface area contributed by atoms with Crippen LogP contribution < -0.4 is 14.8 Å². The van der Waals surface area contributed by atoms with Crippen LogP contribution in [0.3, 0.4) is 0 Å². The first kappa shape index (κ1) is 24.9. The first-order valence-electron chi connectivity index (χ1n) is 11.2. The van der Waals surface area contributed by atoms with Gasteiger partial charge in [0, 0.05) is 32.7 Å². The third kappa shape index (κ3) is 6.39. The number of nitrogens with one attached hydrogen (secondary N) is 1. The second-order valence-electron chi connectivity index (χ2n) is 8.07. The molecule has 1 atom stereocenters. The highest BCUT2D eigenvalue weighted by atomic mass is 35.5. The van der Waals surface area contributed by atoms with Crippen molar-refractivity contribution in [1.82, 2.24) is 15.1 Å². The van der Waals surface area contributed by atoms with Gasteiger partial charge in [-0.2, -0.15) is 0 Å². The van der Waals surface area contributed by atoms with Crippen molar-refractivity contribution in [2.75, 3.05) is 46.9 Å². The van der Waals surface area contributed by atoms with E-state index in [-0.39, 0.29) is 17.9 Å². The molecule has 1 saturated heterocycles. The number of ether oxygens (including phenoxy) is 2. The molecule has 1 unspecified atom stereocenters. The molecule has 33 heavy (non-hydrogen) atoms. The number of methoxy groups -OCH3 is 2. The average Bonchev–Trinajstić information content (AvgIpc) is 3.09. The zero-order valence-electron chi connectivity index (χ0n) is 19.5. The predicted octanol–water partition coefficient (Wildman–Crippen LogP) is 3.25. The van der Waals surface area contributed by atoms with Gasteiger partial charge >= 0.3 is 0 Å². The van der Waals surface area contributed by atoms with E-state index in [9.17, 15) is 9.59 Å². The summed E-state index contributed by atoms with van der Waals surface area (Å²) in [6.07, 6.45) is 1.50. The Morgan fingerprint density at radius 1 is 1.03 bits per heavy atom. The Morgan fingerprint density at radius 3 is 2.52 bits per heavy atom. The van der Waals surface area contributed by atoms with Crippen LogP contribution in [-0.4, -0.2) is 74.6 Å². The lowest BCUT2D eigenvalue weighted by Gasteiger charge is -2.27. The summed E-state index contributed by atoms with van der Waals surface area (Å²) >= 11 is 6.20. The van der Waals surface area contributed by atoms with Crippen molar-refractivity contribution in [1.29, 1.82) is 0 Å². The summed E-state index contributed by atoms with van der Waals surface area (Å²) in [5.41, 5.74) is 1.58. The summed E-state index contributed by atoms with van der Waals surface area (Å²) < 4.78 is 10.6. The maximum atomic E-state index is 12.9. The smallest absolute Gasteiger partial charge is 0.255 e. The number of nitrogens with zero attached hydrogens (tertiary/aromatic N) is 2. The number of rotatable bonds is 8. The van der Waals surface area contributed by atoms with Gasteiger partial charge in [-0.3, -0.25) is 14.5 Å². The van der Waals surface area contributed by atoms with Gasteiger partial charge in [0.25, 0.3) is 5.91 Å². The largest absolute Gasteiger partial charge is 0.493 e. The molecule has 0 radical (unpaired) electrons. The number of hydrogen-bond acceptors (Lipinski definition) is 5. The monoisotopic (exact) mass is 473 g/mol. The van der Waals surface area contributed by atoms with Crippen LogP contribution in [0.1, 0.15) is 29.3 Å². The minimum Gasteiger partial charge on any atom is -0.493 e. The van der Waals surface area contributed by atoms with Gasteiger partial charge in [0.2, 0.25) is 5.91 Å². The number of amides is 2. The summed E-state index contributed by atoms with van der Waals surface area (Å²) in [6, 6.07) is 12.6. The molecule has 8 heteroatoms. The van der Waals surface area contributed by atoms with Crippen molar-refractivity contribution in [2.24, 2.45) is 0 Å². The topological polar surface area (TPSA) is 71.1 Å². The van der Waals surface area contributed by atoms with Crippen LogP contribution in [0, 0.1) is 0 Å². The average molecular weight is 474 g/mol. The van der Waals surface area contributed by atoms with Crippen molar-refractivity contribution in [3.05, 3.63) is 58.6 Å². The van der Waals surface area contributed by atoms with Crippen LogP contribution in [0.5, 0.6) is 11.5 Å². The summed E-state index contributed by atoms with van der Waals surface area (Å²) in [5.74, 6) is 1.29. The molecule has 7 nitrogen and oxygen atoms in total. The van der Waals surface area contributed by atoms with Gasteiger partial charge in [0.15, 0.2) is 11.5 Å². The normalized spacial score (nSPS) is 15.5. The molecule has 0 aliphatic carbocycles. The number of halogens is 1. The van der Waals surface area contributed by atoms with E-state index in [4.69, 9.17) is 21.1 Å². The lowest BCUT2D eigenvalue weighted by Crippen LogP contribution is -2.47. The standard InChI is InChI=1S/C25H32ClN3O4/c1-18(24(30)27-12-11-19-9-10-22(32-2)23(17-19)33-3)28-13-6-14-29(16-15-28)25(31)20-7-4-5-8-21(20)26/h4-5,7-10,17-18H,6,11-16H2,1-3H3,(H,27,30). The van der Waals surface area contributed by atoms with E-state index >= 15 is 0 Å². The highest BCUT2D eigenvalue weighted by molar-refractivity contribution is 6.33. The van der Waals surface area contributed by atoms with Crippen LogP contribution in [0.4, 0.5) is 0 Å². The fraction of sp³-hybridized carbons (Fsp3) is 0.440. The molecule has 2 aromatic rings. The van der Waals surface area contributed by atoms with Crippen molar-refractivity contribution >= 4 is 23.4 Å². The van der Waals surface area contributed by atoms with Crippen LogP contribution in [0.2, 0.25) is 5.02 Å². The molecule has 0 saturated carbocycles. The SMILES string of the molecule is COc1ccc(CCNC(=O)C(C)N2CCCN(C(=O)c3ccccc3Cl)CC2)cc1OC. The van der Waals surface area contributed by atoms with Gasteiger partial charge in [-0.05, 0) is 49.6 Å². The zero-order chi connectivity index (χ0) is 23.8. The third-order valence-electron chi connectivity index (χ3n) is 6.01. The molecule has 3 rings (SSSR count). The second kappa shape index (κ2) is 11.9. The molecule has 2 amide bonds. The quantitative estimate of drug-likeness (QED) is 0.637. The lowest BCUT2D eigenvalue weighted by molar-refractivity contribution is -0.125. The molecule has 2 aromatic carbocycles. The van der Waals surface area contributed by atoms with Crippen molar-refractivity contribution in [2.45, 2.75) is 25.8 Å². The Balaban J connectivity index is 1.49. The van der Waals surface area contributed by atoms with Crippen LogP contribution in [-0.2, 0) is 11.2 Å². The number of benzene rings is 2. The first-order chi connectivity index (χ1) is 15.9. The van der Waals surface area contributed by atoms with Crippen molar-refractivity contribution in [3.8, 4) is 11.5 Å². The summed E-state index contributed by atoms with van der Waals surface area (Å²) in [5, 5.41) is 3.50. The van der Waals surface area contributed by atoms with Gasteiger partial charge in [0.05, 0.1) is 30.8 Å². The molecule has 1 fully saturated rings. The minimum atomic E-state index is -0.272. The van der Waals surface area contributed by atoms with Gasteiger partial charge in [-0.1, -0.05) is 29.8 Å². The Kier molecular flexibility index (Phi) is 8.97. The van der Waals surface area contributed by atoms with E-state index in [0.29, 0.717) is 54.7 Å². The molecule has 0 spiro atoms. The maximum Gasteiger partial charge on any atom is 0.255 e. The Labute approximate surface area is 200 Å². The Morgan fingerprint density at radius 2 is 1.79 bits per heavy atom. The Bertz CT molecular complexity index is 968. The van der Waals surface area contributed by atoms with Gasteiger partial charge < -0.3 is 19.7 Å². The first-order valence-corrected chi connectivity index (χ1v) is 11.6. The summed E-state index contributed by atoms with van der Waals surface area (Å²) in [6.45, 7) is 5.06. The van der Waals surface area contributed by atoms with Gasteiger partial charge in [-0.25, -0.2) is 0 Å². The fourth-order valence-corrected chi connectivity index (χ4v) is 4.23. The zero-order valence-corrected chi connectivity index (χ0v) is 20.2. The van der Waals surface area contributed by atoms with E-state index in [1.165, 1.54) is 0 Å². The number of hydrogen-bond donors (Lipinski definition) is 1. The minimum absolute atomic E-state index is 0.0126. The highest BCUT2D eigenvalue weighted by Gasteiger charge is 2.26. The second-order valence-corrected chi connectivity index (χ2v) is 8.48. The third-order valence-corrected chi connectivity index (χ3v) is 6.34. The fourth-order valence-electron chi connectivity index (χ4n) is 4.01. The molecule has 1 N–H and O–H groups in total. The molecular weight excluding hydrogens is 442 g/mol. The molecule has 178 valence electrons. The molecule has 1 heterocycles. The van der Waals surface area contributed by atoms with Crippen LogP contribution in [0.25, 0.3) is 0 Å². The van der Waals surface area contributed by atoms with Gasteiger partial charge in [0.1, 0.15) is 0 Å². The molecule has 0 bridgehead atoms. The van der Waals surface area contributed by atoms with Crippen molar-refractivity contribution < 1.29 is 19.1 Å². The van der Waals surface area contributed by atoms with E-state index < -0.39 is 0 Å². The van der Waals surface area contributed by atoms with E-state index in [2.05, 4.69) is 10.2 Å². The predicted molar refractivity (Wildman–Crippen MR) is 129 cm³/mol. The van der Waals surface area contributed by atoms with Gasteiger partial charge in [-0.15, -0.1) is 0 Å². The number of carbonyl (C=O) groups is 2. The van der Waals surface area contributed by atoms with Crippen LogP contribution >= 0.6 is 11.6 Å². The Hall–Kier alpha value is -2.77. The van der Waals surface area contributed by atoms with E-state index in [0.717, 1.165) is 18.5 Å². The molecule has 1 aliphatic rings. The van der Waals surface area contributed by atoms with Crippen LogP contribution in [0.15, 0.2) is 42.5 Å². The summed E-state index contributed by atoms with van der Waals surface area (Å²) in [7, 11) is 3.21. The van der Waals surface area contributed by atoms with E-state index in [1.54, 1.807) is 26.4 Å². The highest BCUT2D eigenvalue weighted by Crippen LogP contribution is 2.27.